The van der Waals surface area contributed by atoms with Gasteiger partial charge in [-0.05, 0) is 44.9 Å². The molecule has 0 aliphatic rings. The van der Waals surface area contributed by atoms with Crippen molar-refractivity contribution >= 4 is 16.0 Å². The molecular weight excluding hydrogens is 368 g/mol. The fourth-order valence-electron chi connectivity index (χ4n) is 2.29. The largest absolute Gasteiger partial charge is 0.490 e. The van der Waals surface area contributed by atoms with Gasteiger partial charge in [-0.15, -0.1) is 0 Å². The molecule has 0 bridgehead atoms. The molecule has 0 fully saturated rings. The number of benzene rings is 1. The Hall–Kier alpha value is -2.00. The predicted octanol–water partition coefficient (Wildman–Crippen LogP) is 1.13. The van der Waals surface area contributed by atoms with E-state index in [0.29, 0.717) is 38.8 Å². The van der Waals surface area contributed by atoms with Crippen LogP contribution in [0.1, 0.15) is 26.3 Å². The Balaban J connectivity index is 2.45. The maximum atomic E-state index is 11.4. The SMILES string of the molecule is CCOc1ccc(CCNC(=NC)NCCNS(=O)(=O)CC)cc1OCC. The van der Waals surface area contributed by atoms with Crippen molar-refractivity contribution in [2.24, 2.45) is 4.99 Å². The Kier molecular flexibility index (Phi) is 10.6. The molecule has 0 spiro atoms. The van der Waals surface area contributed by atoms with Crippen molar-refractivity contribution in [3.63, 3.8) is 0 Å². The van der Waals surface area contributed by atoms with Crippen LogP contribution in [0, 0.1) is 0 Å². The average molecular weight is 401 g/mol. The van der Waals surface area contributed by atoms with Crippen LogP contribution in [0.2, 0.25) is 0 Å². The first-order chi connectivity index (χ1) is 13.0. The molecule has 0 saturated carbocycles. The van der Waals surface area contributed by atoms with Gasteiger partial charge in [0, 0.05) is 26.7 Å². The monoisotopic (exact) mass is 400 g/mol. The van der Waals surface area contributed by atoms with Crippen molar-refractivity contribution in [3.05, 3.63) is 23.8 Å². The van der Waals surface area contributed by atoms with E-state index >= 15 is 0 Å². The molecule has 0 aliphatic carbocycles. The fraction of sp³-hybridized carbons (Fsp3) is 0.611. The summed E-state index contributed by atoms with van der Waals surface area (Å²) < 4.78 is 36.5. The van der Waals surface area contributed by atoms with Gasteiger partial charge in [0.1, 0.15) is 0 Å². The summed E-state index contributed by atoms with van der Waals surface area (Å²) in [5, 5.41) is 6.29. The number of sulfonamides is 1. The van der Waals surface area contributed by atoms with E-state index in [0.717, 1.165) is 23.5 Å². The molecule has 1 rings (SSSR count). The van der Waals surface area contributed by atoms with Crippen LogP contribution in [0.5, 0.6) is 11.5 Å². The summed E-state index contributed by atoms with van der Waals surface area (Å²) in [5.74, 6) is 2.21. The molecule has 0 radical (unpaired) electrons. The number of rotatable bonds is 12. The lowest BCUT2D eigenvalue weighted by molar-refractivity contribution is 0.287. The number of hydrogen-bond acceptors (Lipinski definition) is 5. The number of guanidine groups is 1. The van der Waals surface area contributed by atoms with E-state index in [-0.39, 0.29) is 5.75 Å². The molecule has 1 aromatic rings. The average Bonchev–Trinajstić information content (AvgIpc) is 2.66. The quantitative estimate of drug-likeness (QED) is 0.276. The Morgan fingerprint density at radius 3 is 2.30 bits per heavy atom. The Labute approximate surface area is 162 Å². The van der Waals surface area contributed by atoms with Crippen molar-refractivity contribution in [2.45, 2.75) is 27.2 Å². The summed E-state index contributed by atoms with van der Waals surface area (Å²) in [5.41, 5.74) is 1.13. The maximum absolute atomic E-state index is 11.4. The molecule has 1 aromatic carbocycles. The minimum atomic E-state index is -3.17. The van der Waals surface area contributed by atoms with Gasteiger partial charge < -0.3 is 20.1 Å². The standard InChI is InChI=1S/C18H32N4O4S/c1-5-25-16-9-8-15(14-17(16)26-6-2)10-11-20-18(19-4)21-12-13-22-27(23,24)7-3/h8-9,14,22H,5-7,10-13H2,1-4H3,(H2,19,20,21). The summed E-state index contributed by atoms with van der Waals surface area (Å²) in [6.45, 7) is 8.12. The highest BCUT2D eigenvalue weighted by Gasteiger charge is 2.07. The summed E-state index contributed by atoms with van der Waals surface area (Å²) in [7, 11) is -1.49. The van der Waals surface area contributed by atoms with Gasteiger partial charge in [0.2, 0.25) is 10.0 Å². The highest BCUT2D eigenvalue weighted by atomic mass is 32.2. The zero-order valence-corrected chi connectivity index (χ0v) is 17.5. The van der Waals surface area contributed by atoms with Crippen molar-refractivity contribution in [3.8, 4) is 11.5 Å². The smallest absolute Gasteiger partial charge is 0.211 e. The van der Waals surface area contributed by atoms with Crippen LogP contribution in [-0.4, -0.2) is 60.0 Å². The van der Waals surface area contributed by atoms with Gasteiger partial charge in [0.25, 0.3) is 0 Å². The molecule has 0 saturated heterocycles. The van der Waals surface area contributed by atoms with Gasteiger partial charge in [-0.1, -0.05) is 6.07 Å². The van der Waals surface area contributed by atoms with Crippen LogP contribution in [0.3, 0.4) is 0 Å². The molecule has 0 unspecified atom stereocenters. The molecule has 0 aromatic heterocycles. The maximum Gasteiger partial charge on any atom is 0.211 e. The zero-order chi connectivity index (χ0) is 20.1. The van der Waals surface area contributed by atoms with E-state index in [9.17, 15) is 8.42 Å². The highest BCUT2D eigenvalue weighted by Crippen LogP contribution is 2.28. The second-order valence-corrected chi connectivity index (χ2v) is 7.72. The van der Waals surface area contributed by atoms with Crippen LogP contribution in [0.4, 0.5) is 0 Å². The van der Waals surface area contributed by atoms with Gasteiger partial charge in [-0.3, -0.25) is 4.99 Å². The first-order valence-electron chi connectivity index (χ1n) is 9.26. The fourth-order valence-corrected chi connectivity index (χ4v) is 2.90. The van der Waals surface area contributed by atoms with Crippen LogP contribution in [-0.2, 0) is 16.4 Å². The molecular formula is C18H32N4O4S. The Morgan fingerprint density at radius 1 is 1.00 bits per heavy atom. The minimum absolute atomic E-state index is 0.0752. The van der Waals surface area contributed by atoms with E-state index in [1.54, 1.807) is 14.0 Å². The minimum Gasteiger partial charge on any atom is -0.490 e. The van der Waals surface area contributed by atoms with Crippen molar-refractivity contribution < 1.29 is 17.9 Å². The number of hydrogen-bond donors (Lipinski definition) is 3. The molecule has 27 heavy (non-hydrogen) atoms. The molecule has 0 heterocycles. The van der Waals surface area contributed by atoms with Crippen LogP contribution in [0.15, 0.2) is 23.2 Å². The number of ether oxygens (including phenoxy) is 2. The molecule has 3 N–H and O–H groups in total. The third-order valence-electron chi connectivity index (χ3n) is 3.66. The van der Waals surface area contributed by atoms with E-state index < -0.39 is 10.0 Å². The summed E-state index contributed by atoms with van der Waals surface area (Å²) in [4.78, 5) is 4.13. The van der Waals surface area contributed by atoms with Gasteiger partial charge in [0.15, 0.2) is 17.5 Å². The third-order valence-corrected chi connectivity index (χ3v) is 5.06. The Bertz CT molecular complexity index is 693. The molecule has 154 valence electrons. The number of nitrogens with zero attached hydrogens (tertiary/aromatic N) is 1. The number of aliphatic imine (C=N–C) groups is 1. The molecule has 0 amide bonds. The number of nitrogens with one attached hydrogen (secondary N) is 3. The van der Waals surface area contributed by atoms with Crippen molar-refractivity contribution in [2.75, 3.05) is 45.6 Å². The van der Waals surface area contributed by atoms with Gasteiger partial charge in [-0.25, -0.2) is 13.1 Å². The molecule has 9 heteroatoms. The third kappa shape index (κ3) is 8.96. The summed E-state index contributed by atoms with van der Waals surface area (Å²) in [6, 6.07) is 5.94. The van der Waals surface area contributed by atoms with Crippen molar-refractivity contribution in [1.29, 1.82) is 0 Å². The normalized spacial score (nSPS) is 11.9. The zero-order valence-electron chi connectivity index (χ0n) is 16.7. The second kappa shape index (κ2) is 12.4. The topological polar surface area (TPSA) is 101 Å². The lowest BCUT2D eigenvalue weighted by Gasteiger charge is -2.14. The van der Waals surface area contributed by atoms with Gasteiger partial charge in [-0.2, -0.15) is 0 Å². The van der Waals surface area contributed by atoms with Crippen molar-refractivity contribution in [1.82, 2.24) is 15.4 Å². The summed E-state index contributed by atoms with van der Waals surface area (Å²) >= 11 is 0. The molecule has 0 aliphatic heterocycles. The summed E-state index contributed by atoms with van der Waals surface area (Å²) in [6.07, 6.45) is 0.787. The highest BCUT2D eigenvalue weighted by molar-refractivity contribution is 7.89. The lowest BCUT2D eigenvalue weighted by Crippen LogP contribution is -2.42. The van der Waals surface area contributed by atoms with Gasteiger partial charge in [0.05, 0.1) is 19.0 Å². The lowest BCUT2D eigenvalue weighted by atomic mass is 10.1. The molecule has 8 nitrogen and oxygen atoms in total. The second-order valence-electron chi connectivity index (χ2n) is 5.62. The van der Waals surface area contributed by atoms with Crippen LogP contribution < -0.4 is 24.8 Å². The van der Waals surface area contributed by atoms with E-state index in [1.807, 2.05) is 32.0 Å². The Morgan fingerprint density at radius 2 is 1.67 bits per heavy atom. The predicted molar refractivity (Wildman–Crippen MR) is 109 cm³/mol. The van der Waals surface area contributed by atoms with E-state index in [1.165, 1.54) is 0 Å². The first-order valence-corrected chi connectivity index (χ1v) is 10.9. The van der Waals surface area contributed by atoms with Crippen LogP contribution >= 0.6 is 0 Å². The van der Waals surface area contributed by atoms with Crippen LogP contribution in [0.25, 0.3) is 0 Å². The first kappa shape index (κ1) is 23.0. The van der Waals surface area contributed by atoms with E-state index in [4.69, 9.17) is 9.47 Å². The van der Waals surface area contributed by atoms with E-state index in [2.05, 4.69) is 20.3 Å². The van der Waals surface area contributed by atoms with Gasteiger partial charge >= 0.3 is 0 Å². The molecule has 0 atom stereocenters.